The Balaban J connectivity index is 1.24. The van der Waals surface area contributed by atoms with Crippen LogP contribution in [-0.4, -0.2) is 57.3 Å². The molecule has 6 rings (SSSR count). The van der Waals surface area contributed by atoms with E-state index >= 15 is 0 Å². The van der Waals surface area contributed by atoms with Crippen LogP contribution in [-0.2, 0) is 17.9 Å². The number of ether oxygens (including phenoxy) is 2. The number of thioether (sulfide) groups is 1. The molecule has 2 amide bonds. The number of furan rings is 1. The molecule has 11 nitrogen and oxygen atoms in total. The van der Waals surface area contributed by atoms with Crippen molar-refractivity contribution in [3.8, 4) is 11.5 Å². The third kappa shape index (κ3) is 6.64. The number of hydrazone groups is 1. The van der Waals surface area contributed by atoms with E-state index in [1.54, 1.807) is 42.7 Å². The number of thiophene rings is 1. The summed E-state index contributed by atoms with van der Waals surface area (Å²) < 4.78 is 18.4. The van der Waals surface area contributed by atoms with Gasteiger partial charge in [-0.15, -0.1) is 21.5 Å². The van der Waals surface area contributed by atoms with Crippen LogP contribution in [0.4, 0.5) is 0 Å². The van der Waals surface area contributed by atoms with Crippen LogP contribution in [0.15, 0.2) is 99.1 Å². The maximum atomic E-state index is 13.9. The molecule has 13 heteroatoms. The van der Waals surface area contributed by atoms with Gasteiger partial charge >= 0.3 is 0 Å². The molecule has 0 bridgehead atoms. The molecule has 0 radical (unpaired) electrons. The summed E-state index contributed by atoms with van der Waals surface area (Å²) in [5.74, 6) is 1.43. The zero-order chi connectivity index (χ0) is 31.2. The Bertz CT molecular complexity index is 1790. The number of hydrogen-bond acceptors (Lipinski definition) is 10. The summed E-state index contributed by atoms with van der Waals surface area (Å²) in [4.78, 5) is 27.4. The molecular formula is C32H30N6O5S2. The van der Waals surface area contributed by atoms with E-state index in [9.17, 15) is 9.59 Å². The Kier molecular flexibility index (Phi) is 9.27. The van der Waals surface area contributed by atoms with E-state index < -0.39 is 0 Å². The number of rotatable bonds is 12. The fourth-order valence-electron chi connectivity index (χ4n) is 5.08. The van der Waals surface area contributed by atoms with Crippen LogP contribution in [0.2, 0.25) is 0 Å². The van der Waals surface area contributed by atoms with Crippen LogP contribution in [0.3, 0.4) is 0 Å². The maximum absolute atomic E-state index is 13.9. The zero-order valence-electron chi connectivity index (χ0n) is 24.6. The van der Waals surface area contributed by atoms with E-state index in [1.807, 2.05) is 70.6 Å². The van der Waals surface area contributed by atoms with Crippen LogP contribution >= 0.6 is 23.1 Å². The number of hydrogen-bond donors (Lipinski definition) is 1. The molecule has 0 aliphatic carbocycles. The first-order valence-corrected chi connectivity index (χ1v) is 16.0. The number of aromatic nitrogens is 3. The zero-order valence-corrected chi connectivity index (χ0v) is 26.2. The van der Waals surface area contributed by atoms with Gasteiger partial charge in [0.05, 0.1) is 56.0 Å². The Labute approximate surface area is 267 Å². The topological polar surface area (TPSA) is 124 Å². The number of methoxy groups -OCH3 is 2. The van der Waals surface area contributed by atoms with E-state index in [-0.39, 0.29) is 35.9 Å². The molecule has 0 spiro atoms. The average molecular weight is 643 g/mol. The quantitative estimate of drug-likeness (QED) is 0.180. The van der Waals surface area contributed by atoms with Gasteiger partial charge in [-0.1, -0.05) is 60.3 Å². The molecule has 3 aromatic heterocycles. The largest absolute Gasteiger partial charge is 0.493 e. The second kappa shape index (κ2) is 13.8. The van der Waals surface area contributed by atoms with Gasteiger partial charge in [0.2, 0.25) is 0 Å². The number of carbonyl (C=O) groups excluding carboxylic acids is 2. The summed E-state index contributed by atoms with van der Waals surface area (Å²) >= 11 is 2.85. The molecule has 1 atom stereocenters. The average Bonchev–Trinajstić information content (AvgIpc) is 3.90. The number of nitrogens with zero attached hydrogens (tertiary/aromatic N) is 5. The van der Waals surface area contributed by atoms with E-state index in [4.69, 9.17) is 19.0 Å². The lowest BCUT2D eigenvalue weighted by Crippen LogP contribution is -2.29. The van der Waals surface area contributed by atoms with Crippen LogP contribution in [0.25, 0.3) is 0 Å². The van der Waals surface area contributed by atoms with Crippen molar-refractivity contribution < 1.29 is 23.5 Å². The summed E-state index contributed by atoms with van der Waals surface area (Å²) in [6.07, 6.45) is 1.98. The van der Waals surface area contributed by atoms with Crippen LogP contribution in [0.5, 0.6) is 11.5 Å². The minimum absolute atomic E-state index is 0.0652. The highest BCUT2D eigenvalue weighted by molar-refractivity contribution is 7.99. The minimum atomic E-state index is -0.380. The Hall–Kier alpha value is -4.88. The van der Waals surface area contributed by atoms with Crippen molar-refractivity contribution in [3.05, 3.63) is 112 Å². The number of carbonyl (C=O) groups is 2. The standard InChI is InChI=1S/C32H30N6O5S2/c1-41-25-12-6-11-22(30(25)42-2)24-17-23(27-14-8-16-44-27)36-38(24)29(39)20-45-32-35-34-28(18-33-31(40)26-13-7-15-43-26)37(32)19-21-9-4-3-5-10-21/h3-16,24H,17-20H2,1-2H3,(H,33,40)/t24-/m1/s1. The molecular weight excluding hydrogens is 613 g/mol. The van der Waals surface area contributed by atoms with Crippen LogP contribution in [0.1, 0.15) is 44.8 Å². The maximum Gasteiger partial charge on any atom is 0.287 e. The smallest absolute Gasteiger partial charge is 0.287 e. The van der Waals surface area contributed by atoms with Crippen molar-refractivity contribution in [2.75, 3.05) is 20.0 Å². The van der Waals surface area contributed by atoms with E-state index in [0.717, 1.165) is 21.7 Å². The van der Waals surface area contributed by atoms with Crippen molar-refractivity contribution in [2.24, 2.45) is 5.10 Å². The third-order valence-electron chi connectivity index (χ3n) is 7.22. The van der Waals surface area contributed by atoms with Crippen molar-refractivity contribution in [2.45, 2.75) is 30.7 Å². The van der Waals surface area contributed by atoms with Gasteiger partial charge in [0.25, 0.3) is 11.8 Å². The molecule has 45 heavy (non-hydrogen) atoms. The summed E-state index contributed by atoms with van der Waals surface area (Å²) in [7, 11) is 3.18. The van der Waals surface area contributed by atoms with Crippen molar-refractivity contribution in [1.29, 1.82) is 0 Å². The van der Waals surface area contributed by atoms with Gasteiger partial charge in [-0.25, -0.2) is 5.01 Å². The molecule has 1 aliphatic rings. The lowest BCUT2D eigenvalue weighted by atomic mass is 9.99. The summed E-state index contributed by atoms with van der Waals surface area (Å²) in [6, 6.07) is 22.4. The first-order valence-electron chi connectivity index (χ1n) is 14.1. The van der Waals surface area contributed by atoms with Gasteiger partial charge in [-0.05, 0) is 35.2 Å². The van der Waals surface area contributed by atoms with E-state index in [1.165, 1.54) is 18.0 Å². The van der Waals surface area contributed by atoms with Crippen LogP contribution < -0.4 is 14.8 Å². The molecule has 1 N–H and O–H groups in total. The summed E-state index contributed by atoms with van der Waals surface area (Å²) in [5.41, 5.74) is 2.67. The van der Waals surface area contributed by atoms with Crippen molar-refractivity contribution >= 4 is 40.6 Å². The summed E-state index contributed by atoms with van der Waals surface area (Å²) in [6.45, 7) is 0.594. The Morgan fingerprint density at radius 2 is 1.89 bits per heavy atom. The van der Waals surface area contributed by atoms with Gasteiger partial charge in [-0.3, -0.25) is 9.59 Å². The first kappa shape index (κ1) is 30.2. The van der Waals surface area contributed by atoms with Gasteiger partial charge in [0, 0.05) is 12.0 Å². The predicted octanol–water partition coefficient (Wildman–Crippen LogP) is 5.40. The number of amides is 2. The van der Waals surface area contributed by atoms with E-state index in [2.05, 4.69) is 15.5 Å². The van der Waals surface area contributed by atoms with E-state index in [0.29, 0.717) is 35.4 Å². The molecule has 0 saturated carbocycles. The lowest BCUT2D eigenvalue weighted by Gasteiger charge is -2.24. The Morgan fingerprint density at radius 3 is 2.62 bits per heavy atom. The molecule has 2 aromatic carbocycles. The first-order chi connectivity index (χ1) is 22.1. The number of benzene rings is 2. The highest BCUT2D eigenvalue weighted by Gasteiger charge is 2.36. The molecule has 0 saturated heterocycles. The number of nitrogens with one attached hydrogen (secondary N) is 1. The Morgan fingerprint density at radius 1 is 1.02 bits per heavy atom. The summed E-state index contributed by atoms with van der Waals surface area (Å²) in [5, 5.41) is 20.5. The molecule has 1 aliphatic heterocycles. The molecule has 0 fully saturated rings. The molecule has 230 valence electrons. The molecule has 4 heterocycles. The van der Waals surface area contributed by atoms with Gasteiger partial charge in [-0.2, -0.15) is 5.10 Å². The SMILES string of the molecule is COc1cccc([C@H]2CC(c3cccs3)=NN2C(=O)CSc2nnc(CNC(=O)c3ccco3)n2Cc2ccccc2)c1OC. The van der Waals surface area contributed by atoms with Crippen LogP contribution in [0, 0.1) is 0 Å². The van der Waals surface area contributed by atoms with Gasteiger partial charge in [0.15, 0.2) is 28.2 Å². The monoisotopic (exact) mass is 642 g/mol. The normalized spacial score (nSPS) is 14.3. The predicted molar refractivity (Wildman–Crippen MR) is 171 cm³/mol. The van der Waals surface area contributed by atoms with Crippen molar-refractivity contribution in [1.82, 2.24) is 25.1 Å². The third-order valence-corrected chi connectivity index (χ3v) is 9.09. The number of para-hydroxylation sites is 1. The second-order valence-electron chi connectivity index (χ2n) is 9.98. The molecule has 5 aromatic rings. The highest BCUT2D eigenvalue weighted by Crippen LogP contribution is 2.42. The van der Waals surface area contributed by atoms with Gasteiger partial charge < -0.3 is 23.8 Å². The fraction of sp³-hybridized carbons (Fsp3) is 0.219. The lowest BCUT2D eigenvalue weighted by molar-refractivity contribution is -0.130. The molecule has 0 unspecified atom stereocenters. The minimum Gasteiger partial charge on any atom is -0.493 e. The fourth-order valence-corrected chi connectivity index (χ4v) is 6.61. The van der Waals surface area contributed by atoms with Gasteiger partial charge in [0.1, 0.15) is 0 Å². The highest BCUT2D eigenvalue weighted by atomic mass is 32.2. The van der Waals surface area contributed by atoms with Crippen molar-refractivity contribution in [3.63, 3.8) is 0 Å². The second-order valence-corrected chi connectivity index (χ2v) is 11.9.